The second-order valence-electron chi connectivity index (χ2n) is 4.74. The molecule has 2 atom stereocenters. The molecule has 0 saturated heterocycles. The molecule has 0 radical (unpaired) electrons. The van der Waals surface area contributed by atoms with Crippen LogP contribution in [0.4, 0.5) is 0 Å². The Kier molecular flexibility index (Phi) is 5.45. The van der Waals surface area contributed by atoms with Crippen LogP contribution in [0, 0.1) is 5.92 Å². The van der Waals surface area contributed by atoms with Crippen LogP contribution in [-0.2, 0) is 0 Å². The Balaban J connectivity index is 2.96. The maximum absolute atomic E-state index is 5.66. The lowest BCUT2D eigenvalue weighted by atomic mass is 9.91. The maximum Gasteiger partial charge on any atom is 0.119 e. The zero-order chi connectivity index (χ0) is 12.8. The van der Waals surface area contributed by atoms with E-state index in [2.05, 4.69) is 38.1 Å². The van der Waals surface area contributed by atoms with Crippen molar-refractivity contribution in [2.24, 2.45) is 11.7 Å². The SMILES string of the molecule is COc1cccc(C(C(C)CCN)N(C)C)c1. The molecule has 0 spiro atoms. The highest BCUT2D eigenvalue weighted by molar-refractivity contribution is 5.30. The van der Waals surface area contributed by atoms with Crippen molar-refractivity contribution in [2.75, 3.05) is 27.7 Å². The predicted octanol–water partition coefficient (Wildman–Crippen LogP) is 2.28. The number of benzene rings is 1. The van der Waals surface area contributed by atoms with E-state index in [4.69, 9.17) is 10.5 Å². The first-order chi connectivity index (χ1) is 8.10. The van der Waals surface area contributed by atoms with Gasteiger partial charge in [0.25, 0.3) is 0 Å². The summed E-state index contributed by atoms with van der Waals surface area (Å²) < 4.78 is 5.28. The fourth-order valence-electron chi connectivity index (χ4n) is 2.38. The zero-order valence-corrected chi connectivity index (χ0v) is 11.3. The van der Waals surface area contributed by atoms with E-state index in [1.165, 1.54) is 5.56 Å². The molecule has 0 amide bonds. The molecule has 0 aliphatic rings. The van der Waals surface area contributed by atoms with E-state index >= 15 is 0 Å². The van der Waals surface area contributed by atoms with Gasteiger partial charge in [-0.05, 0) is 50.7 Å². The summed E-state index contributed by atoms with van der Waals surface area (Å²) in [7, 11) is 5.92. The van der Waals surface area contributed by atoms with Crippen molar-refractivity contribution in [3.63, 3.8) is 0 Å². The minimum absolute atomic E-state index is 0.383. The third-order valence-corrected chi connectivity index (χ3v) is 3.15. The molecule has 0 aliphatic heterocycles. The van der Waals surface area contributed by atoms with Crippen LogP contribution in [0.3, 0.4) is 0 Å². The normalized spacial score (nSPS) is 14.7. The zero-order valence-electron chi connectivity index (χ0n) is 11.3. The summed E-state index contributed by atoms with van der Waals surface area (Å²) >= 11 is 0. The van der Waals surface area contributed by atoms with Gasteiger partial charge >= 0.3 is 0 Å². The van der Waals surface area contributed by atoms with Gasteiger partial charge in [-0.15, -0.1) is 0 Å². The van der Waals surface area contributed by atoms with Crippen molar-refractivity contribution in [3.8, 4) is 5.75 Å². The van der Waals surface area contributed by atoms with E-state index in [0.29, 0.717) is 12.0 Å². The van der Waals surface area contributed by atoms with Crippen molar-refractivity contribution >= 4 is 0 Å². The lowest BCUT2D eigenvalue weighted by Gasteiger charge is -2.30. The standard InChI is InChI=1S/C14H24N2O/c1-11(8-9-15)14(16(2)3)12-6-5-7-13(10-12)17-4/h5-7,10-11,14H,8-9,15H2,1-4H3. The number of hydrogen-bond donors (Lipinski definition) is 1. The van der Waals surface area contributed by atoms with Crippen molar-refractivity contribution in [3.05, 3.63) is 29.8 Å². The number of ether oxygens (including phenoxy) is 1. The van der Waals surface area contributed by atoms with Gasteiger partial charge < -0.3 is 15.4 Å². The van der Waals surface area contributed by atoms with Gasteiger partial charge in [0.2, 0.25) is 0 Å². The van der Waals surface area contributed by atoms with Gasteiger partial charge in [0, 0.05) is 6.04 Å². The first kappa shape index (κ1) is 14.0. The molecule has 1 aromatic carbocycles. The molecule has 2 N–H and O–H groups in total. The van der Waals surface area contributed by atoms with Crippen molar-refractivity contribution in [1.82, 2.24) is 4.90 Å². The molecule has 3 heteroatoms. The molecule has 3 nitrogen and oxygen atoms in total. The number of hydrogen-bond acceptors (Lipinski definition) is 3. The van der Waals surface area contributed by atoms with Crippen molar-refractivity contribution in [2.45, 2.75) is 19.4 Å². The number of nitrogens with zero attached hydrogens (tertiary/aromatic N) is 1. The van der Waals surface area contributed by atoms with Gasteiger partial charge in [0.15, 0.2) is 0 Å². The quantitative estimate of drug-likeness (QED) is 0.823. The summed E-state index contributed by atoms with van der Waals surface area (Å²) in [6.45, 7) is 2.98. The first-order valence-electron chi connectivity index (χ1n) is 6.10. The Labute approximate surface area is 105 Å². The molecule has 96 valence electrons. The summed E-state index contributed by atoms with van der Waals surface area (Å²) in [6, 6.07) is 8.66. The summed E-state index contributed by atoms with van der Waals surface area (Å²) in [6.07, 6.45) is 1.03. The van der Waals surface area contributed by atoms with Crippen LogP contribution < -0.4 is 10.5 Å². The monoisotopic (exact) mass is 236 g/mol. The first-order valence-corrected chi connectivity index (χ1v) is 6.10. The number of nitrogens with two attached hydrogens (primary N) is 1. The highest BCUT2D eigenvalue weighted by atomic mass is 16.5. The third-order valence-electron chi connectivity index (χ3n) is 3.15. The second kappa shape index (κ2) is 6.62. The van der Waals surface area contributed by atoms with Crippen molar-refractivity contribution < 1.29 is 4.74 Å². The molecule has 1 rings (SSSR count). The van der Waals surface area contributed by atoms with Crippen LogP contribution in [0.5, 0.6) is 5.75 Å². The van der Waals surface area contributed by atoms with Crippen LogP contribution in [0.2, 0.25) is 0 Å². The molecule has 1 aromatic rings. The third kappa shape index (κ3) is 3.72. The summed E-state index contributed by atoms with van der Waals surface area (Å²) in [5.41, 5.74) is 6.95. The van der Waals surface area contributed by atoms with E-state index < -0.39 is 0 Å². The number of rotatable bonds is 6. The van der Waals surface area contributed by atoms with E-state index in [0.717, 1.165) is 18.7 Å². The average molecular weight is 236 g/mol. The molecule has 0 heterocycles. The molecular formula is C14H24N2O. The maximum atomic E-state index is 5.66. The van der Waals surface area contributed by atoms with Gasteiger partial charge in [-0.1, -0.05) is 19.1 Å². The van der Waals surface area contributed by atoms with Crippen LogP contribution in [-0.4, -0.2) is 32.6 Å². The molecule has 0 aliphatic carbocycles. The van der Waals surface area contributed by atoms with Gasteiger partial charge in [-0.25, -0.2) is 0 Å². The Morgan fingerprint density at radius 2 is 2.06 bits per heavy atom. The molecule has 2 unspecified atom stereocenters. The predicted molar refractivity (Wildman–Crippen MR) is 72.3 cm³/mol. The van der Waals surface area contributed by atoms with Gasteiger partial charge in [-0.2, -0.15) is 0 Å². The van der Waals surface area contributed by atoms with Gasteiger partial charge in [-0.3, -0.25) is 0 Å². The Hall–Kier alpha value is -1.06. The summed E-state index contributed by atoms with van der Waals surface area (Å²) in [4.78, 5) is 2.25. The van der Waals surface area contributed by atoms with Crippen LogP contribution in [0.25, 0.3) is 0 Å². The van der Waals surface area contributed by atoms with E-state index in [9.17, 15) is 0 Å². The fourth-order valence-corrected chi connectivity index (χ4v) is 2.38. The largest absolute Gasteiger partial charge is 0.497 e. The molecule has 0 saturated carbocycles. The van der Waals surface area contributed by atoms with Crippen molar-refractivity contribution in [1.29, 1.82) is 0 Å². The lowest BCUT2D eigenvalue weighted by molar-refractivity contribution is 0.216. The smallest absolute Gasteiger partial charge is 0.119 e. The molecular weight excluding hydrogens is 212 g/mol. The summed E-state index contributed by atoms with van der Waals surface area (Å²) in [5, 5.41) is 0. The minimum atomic E-state index is 0.383. The van der Waals surface area contributed by atoms with E-state index in [1.807, 2.05) is 12.1 Å². The fraction of sp³-hybridized carbons (Fsp3) is 0.571. The van der Waals surface area contributed by atoms with Gasteiger partial charge in [0.05, 0.1) is 7.11 Å². The molecule has 17 heavy (non-hydrogen) atoms. The van der Waals surface area contributed by atoms with Crippen LogP contribution >= 0.6 is 0 Å². The Morgan fingerprint density at radius 3 is 2.59 bits per heavy atom. The lowest BCUT2D eigenvalue weighted by Crippen LogP contribution is -2.27. The highest BCUT2D eigenvalue weighted by Crippen LogP contribution is 2.30. The topological polar surface area (TPSA) is 38.5 Å². The summed E-state index contributed by atoms with van der Waals surface area (Å²) in [5.74, 6) is 1.44. The molecule has 0 aromatic heterocycles. The highest BCUT2D eigenvalue weighted by Gasteiger charge is 2.21. The van der Waals surface area contributed by atoms with Crippen LogP contribution in [0.1, 0.15) is 24.9 Å². The van der Waals surface area contributed by atoms with E-state index in [1.54, 1.807) is 7.11 Å². The average Bonchev–Trinajstić information content (AvgIpc) is 2.29. The van der Waals surface area contributed by atoms with Gasteiger partial charge in [0.1, 0.15) is 5.75 Å². The number of methoxy groups -OCH3 is 1. The second-order valence-corrected chi connectivity index (χ2v) is 4.74. The Bertz CT molecular complexity index is 339. The van der Waals surface area contributed by atoms with E-state index in [-0.39, 0.29) is 0 Å². The molecule has 0 fully saturated rings. The minimum Gasteiger partial charge on any atom is -0.497 e. The molecule has 0 bridgehead atoms. The van der Waals surface area contributed by atoms with Crippen LogP contribution in [0.15, 0.2) is 24.3 Å². The Morgan fingerprint density at radius 1 is 1.35 bits per heavy atom.